The maximum absolute atomic E-state index is 11.9. The van der Waals surface area contributed by atoms with Crippen molar-refractivity contribution in [2.24, 2.45) is 11.1 Å². The molecule has 110 valence electrons. The molecular formula is C16H25N3O. The van der Waals surface area contributed by atoms with Crippen molar-refractivity contribution in [1.82, 2.24) is 4.90 Å². The van der Waals surface area contributed by atoms with Crippen LogP contribution in [-0.4, -0.2) is 30.4 Å². The van der Waals surface area contributed by atoms with E-state index < -0.39 is 0 Å². The summed E-state index contributed by atoms with van der Waals surface area (Å²) in [7, 11) is 0. The molecule has 4 nitrogen and oxygen atoms in total. The van der Waals surface area contributed by atoms with Crippen molar-refractivity contribution in [2.45, 2.75) is 33.2 Å². The second-order valence-corrected chi connectivity index (χ2v) is 6.39. The van der Waals surface area contributed by atoms with Crippen LogP contribution in [-0.2, 0) is 11.3 Å². The van der Waals surface area contributed by atoms with E-state index in [4.69, 9.17) is 5.73 Å². The molecule has 1 aliphatic rings. The van der Waals surface area contributed by atoms with Gasteiger partial charge in [0.25, 0.3) is 0 Å². The number of amides is 1. The zero-order chi connectivity index (χ0) is 14.6. The summed E-state index contributed by atoms with van der Waals surface area (Å²) in [6, 6.07) is 7.69. The minimum absolute atomic E-state index is 0.0789. The first-order chi connectivity index (χ1) is 9.48. The van der Waals surface area contributed by atoms with Gasteiger partial charge >= 0.3 is 0 Å². The van der Waals surface area contributed by atoms with Crippen LogP contribution in [0.3, 0.4) is 0 Å². The minimum Gasteiger partial charge on any atom is -0.326 e. The summed E-state index contributed by atoms with van der Waals surface area (Å²) in [6.45, 7) is 8.13. The molecule has 0 aliphatic carbocycles. The van der Waals surface area contributed by atoms with E-state index in [1.807, 2.05) is 24.3 Å². The van der Waals surface area contributed by atoms with Gasteiger partial charge < -0.3 is 16.0 Å². The van der Waals surface area contributed by atoms with Crippen molar-refractivity contribution in [2.75, 3.05) is 25.0 Å². The molecule has 0 saturated carbocycles. The van der Waals surface area contributed by atoms with Gasteiger partial charge in [0, 0.05) is 31.7 Å². The zero-order valence-electron chi connectivity index (χ0n) is 12.5. The van der Waals surface area contributed by atoms with Crippen LogP contribution in [0.4, 0.5) is 5.69 Å². The Morgan fingerprint density at radius 1 is 1.35 bits per heavy atom. The van der Waals surface area contributed by atoms with Crippen LogP contribution in [0, 0.1) is 5.41 Å². The van der Waals surface area contributed by atoms with E-state index in [9.17, 15) is 4.79 Å². The lowest BCUT2D eigenvalue weighted by atomic mass is 9.93. The van der Waals surface area contributed by atoms with E-state index in [0.29, 0.717) is 18.4 Å². The second kappa shape index (κ2) is 6.37. The molecule has 1 aliphatic heterocycles. The SMILES string of the molecule is CC1(C)CCN(CCC(=O)Nc2ccc(CN)cc2)C1. The average molecular weight is 275 g/mol. The molecule has 1 aromatic rings. The molecule has 0 bridgehead atoms. The first-order valence-electron chi connectivity index (χ1n) is 7.30. The van der Waals surface area contributed by atoms with Crippen LogP contribution in [0.15, 0.2) is 24.3 Å². The minimum atomic E-state index is 0.0789. The largest absolute Gasteiger partial charge is 0.326 e. The number of nitrogens with two attached hydrogens (primary N) is 1. The topological polar surface area (TPSA) is 58.4 Å². The van der Waals surface area contributed by atoms with Crippen LogP contribution in [0.2, 0.25) is 0 Å². The molecular weight excluding hydrogens is 250 g/mol. The molecule has 1 fully saturated rings. The van der Waals surface area contributed by atoms with Gasteiger partial charge in [-0.25, -0.2) is 0 Å². The first kappa shape index (κ1) is 15.0. The molecule has 0 unspecified atom stereocenters. The fraction of sp³-hybridized carbons (Fsp3) is 0.562. The lowest BCUT2D eigenvalue weighted by Gasteiger charge is -2.19. The van der Waals surface area contributed by atoms with Crippen LogP contribution < -0.4 is 11.1 Å². The smallest absolute Gasteiger partial charge is 0.225 e. The monoisotopic (exact) mass is 275 g/mol. The number of nitrogens with one attached hydrogen (secondary N) is 1. The van der Waals surface area contributed by atoms with E-state index >= 15 is 0 Å². The average Bonchev–Trinajstić information content (AvgIpc) is 2.77. The van der Waals surface area contributed by atoms with Crippen molar-refractivity contribution in [3.8, 4) is 0 Å². The number of rotatable bonds is 5. The summed E-state index contributed by atoms with van der Waals surface area (Å²) >= 11 is 0. The second-order valence-electron chi connectivity index (χ2n) is 6.39. The van der Waals surface area contributed by atoms with Gasteiger partial charge in [0.1, 0.15) is 0 Å². The standard InChI is InChI=1S/C16H25N3O/c1-16(2)8-10-19(12-16)9-7-15(20)18-14-5-3-13(11-17)4-6-14/h3-6H,7-12,17H2,1-2H3,(H,18,20). The summed E-state index contributed by atoms with van der Waals surface area (Å²) < 4.78 is 0. The zero-order valence-corrected chi connectivity index (χ0v) is 12.5. The molecule has 20 heavy (non-hydrogen) atoms. The fourth-order valence-electron chi connectivity index (χ4n) is 2.62. The maximum Gasteiger partial charge on any atom is 0.225 e. The predicted molar refractivity (Wildman–Crippen MR) is 82.4 cm³/mol. The lowest BCUT2D eigenvalue weighted by Crippen LogP contribution is -2.27. The number of anilines is 1. The summed E-state index contributed by atoms with van der Waals surface area (Å²) in [4.78, 5) is 14.3. The molecule has 0 aromatic heterocycles. The number of benzene rings is 1. The van der Waals surface area contributed by atoms with Crippen molar-refractivity contribution < 1.29 is 4.79 Å². The van der Waals surface area contributed by atoms with Crippen molar-refractivity contribution in [3.63, 3.8) is 0 Å². The Bertz CT molecular complexity index is 453. The van der Waals surface area contributed by atoms with E-state index in [1.165, 1.54) is 6.42 Å². The summed E-state index contributed by atoms with van der Waals surface area (Å²) in [5, 5.41) is 2.93. The fourth-order valence-corrected chi connectivity index (χ4v) is 2.62. The molecule has 0 spiro atoms. The number of carbonyl (C=O) groups is 1. The number of nitrogens with zero attached hydrogens (tertiary/aromatic N) is 1. The Morgan fingerprint density at radius 3 is 2.60 bits per heavy atom. The van der Waals surface area contributed by atoms with Gasteiger partial charge in [0.15, 0.2) is 0 Å². The van der Waals surface area contributed by atoms with E-state index in [0.717, 1.165) is 30.9 Å². The van der Waals surface area contributed by atoms with Gasteiger partial charge in [-0.15, -0.1) is 0 Å². The van der Waals surface area contributed by atoms with Crippen LogP contribution in [0.1, 0.15) is 32.3 Å². The van der Waals surface area contributed by atoms with E-state index in [2.05, 4.69) is 24.1 Å². The van der Waals surface area contributed by atoms with E-state index in [1.54, 1.807) is 0 Å². The van der Waals surface area contributed by atoms with Crippen molar-refractivity contribution in [1.29, 1.82) is 0 Å². The van der Waals surface area contributed by atoms with Crippen LogP contribution in [0.5, 0.6) is 0 Å². The third kappa shape index (κ3) is 4.32. The van der Waals surface area contributed by atoms with Gasteiger partial charge in [-0.1, -0.05) is 26.0 Å². The van der Waals surface area contributed by atoms with E-state index in [-0.39, 0.29) is 5.91 Å². The van der Waals surface area contributed by atoms with Gasteiger partial charge in [-0.05, 0) is 36.1 Å². The molecule has 0 radical (unpaired) electrons. The molecule has 4 heteroatoms. The summed E-state index contributed by atoms with van der Waals surface area (Å²) in [5.41, 5.74) is 7.86. The number of likely N-dealkylation sites (tertiary alicyclic amines) is 1. The Kier molecular flexibility index (Phi) is 4.78. The van der Waals surface area contributed by atoms with Crippen LogP contribution in [0.25, 0.3) is 0 Å². The summed E-state index contributed by atoms with van der Waals surface area (Å²) in [6.07, 6.45) is 1.77. The Hall–Kier alpha value is -1.39. The number of hydrogen-bond acceptors (Lipinski definition) is 3. The van der Waals surface area contributed by atoms with Crippen LogP contribution >= 0.6 is 0 Å². The summed E-state index contributed by atoms with van der Waals surface area (Å²) in [5.74, 6) is 0.0789. The Balaban J connectivity index is 1.75. The highest BCUT2D eigenvalue weighted by molar-refractivity contribution is 5.90. The van der Waals surface area contributed by atoms with Gasteiger partial charge in [0.2, 0.25) is 5.91 Å². The third-order valence-corrected chi connectivity index (χ3v) is 3.88. The van der Waals surface area contributed by atoms with Gasteiger partial charge in [-0.3, -0.25) is 4.79 Å². The highest BCUT2D eigenvalue weighted by Crippen LogP contribution is 2.28. The molecule has 1 amide bonds. The molecule has 3 N–H and O–H groups in total. The quantitative estimate of drug-likeness (QED) is 0.866. The highest BCUT2D eigenvalue weighted by Gasteiger charge is 2.28. The van der Waals surface area contributed by atoms with Gasteiger partial charge in [-0.2, -0.15) is 0 Å². The van der Waals surface area contributed by atoms with Gasteiger partial charge in [0.05, 0.1) is 0 Å². The Labute approximate surface area is 121 Å². The molecule has 1 heterocycles. The maximum atomic E-state index is 11.9. The third-order valence-electron chi connectivity index (χ3n) is 3.88. The molecule has 1 aromatic carbocycles. The number of carbonyl (C=O) groups excluding carboxylic acids is 1. The molecule has 1 saturated heterocycles. The normalized spacial score (nSPS) is 18.1. The predicted octanol–water partition coefficient (Wildman–Crippen LogP) is 2.21. The highest BCUT2D eigenvalue weighted by atomic mass is 16.1. The first-order valence-corrected chi connectivity index (χ1v) is 7.30. The molecule has 2 rings (SSSR count). The Morgan fingerprint density at radius 2 is 2.05 bits per heavy atom. The lowest BCUT2D eigenvalue weighted by molar-refractivity contribution is -0.116. The number of hydrogen-bond donors (Lipinski definition) is 2. The van der Waals surface area contributed by atoms with Crippen molar-refractivity contribution in [3.05, 3.63) is 29.8 Å². The molecule has 0 atom stereocenters. The van der Waals surface area contributed by atoms with Crippen molar-refractivity contribution >= 4 is 11.6 Å².